The minimum Gasteiger partial charge on any atom is -0.508 e. The molecule has 3 heterocycles. The smallest absolute Gasteiger partial charge is 0.135 e. The summed E-state index contributed by atoms with van der Waals surface area (Å²) in [7, 11) is 0. The number of hydrogen-bond acceptors (Lipinski definition) is 12. The lowest BCUT2D eigenvalue weighted by atomic mass is 9.76. The summed E-state index contributed by atoms with van der Waals surface area (Å²) in [6, 6.07) is 40.7. The van der Waals surface area contributed by atoms with Gasteiger partial charge in [-0.25, -0.2) is 0 Å². The average molecular weight is 907 g/mol. The molecule has 0 saturated heterocycles. The Labute approximate surface area is 389 Å². The largest absolute Gasteiger partial charge is 0.508 e. The van der Waals surface area contributed by atoms with Crippen molar-refractivity contribution in [2.24, 2.45) is 0 Å². The van der Waals surface area contributed by atoms with Gasteiger partial charge in [0.15, 0.2) is 0 Å². The zero-order chi connectivity index (χ0) is 47.0. The molecule has 8 aromatic rings. The minimum absolute atomic E-state index is 0.0494. The Morgan fingerprint density at radius 1 is 0.294 bits per heavy atom. The van der Waals surface area contributed by atoms with Gasteiger partial charge in [-0.05, 0) is 129 Å². The molecular weight excluding hydrogens is 865 g/mol. The first kappa shape index (κ1) is 41.8. The van der Waals surface area contributed by atoms with Crippen LogP contribution in [0.3, 0.4) is 0 Å². The van der Waals surface area contributed by atoms with E-state index in [0.29, 0.717) is 56.2 Å². The van der Waals surface area contributed by atoms with E-state index in [1.54, 1.807) is 109 Å². The first-order valence-electron chi connectivity index (χ1n) is 21.8. The van der Waals surface area contributed by atoms with Crippen LogP contribution in [-0.4, -0.2) is 46.0 Å². The Balaban J connectivity index is 1.05. The number of phenolic OH excluding ortho intramolecular Hbond substituents is 9. The quantitative estimate of drug-likeness (QED) is 0.0652. The second kappa shape index (κ2) is 16.2. The van der Waals surface area contributed by atoms with Crippen LogP contribution in [0.2, 0.25) is 0 Å². The Hall–Kier alpha value is -8.90. The zero-order valence-electron chi connectivity index (χ0n) is 35.8. The van der Waals surface area contributed by atoms with Crippen LogP contribution in [0.25, 0.3) is 12.2 Å². The van der Waals surface area contributed by atoms with Gasteiger partial charge in [0.2, 0.25) is 0 Å². The molecule has 0 radical (unpaired) electrons. The van der Waals surface area contributed by atoms with Gasteiger partial charge in [-0.15, -0.1) is 0 Å². The van der Waals surface area contributed by atoms with Crippen LogP contribution in [0, 0.1) is 0 Å². The predicted octanol–water partition coefficient (Wildman–Crippen LogP) is 11.0. The van der Waals surface area contributed by atoms with E-state index in [-0.39, 0.29) is 51.7 Å². The molecule has 9 N–H and O–H groups in total. The molecule has 12 heteroatoms. The summed E-state index contributed by atoms with van der Waals surface area (Å²) in [4.78, 5) is 0. The average Bonchev–Trinajstić information content (AvgIpc) is 4.00. The van der Waals surface area contributed by atoms with Crippen molar-refractivity contribution in [1.82, 2.24) is 0 Å². The van der Waals surface area contributed by atoms with Crippen molar-refractivity contribution in [3.8, 4) is 69.0 Å². The molecule has 11 rings (SSSR count). The molecule has 0 aromatic heterocycles. The summed E-state index contributed by atoms with van der Waals surface area (Å²) in [5.41, 5.74) is 7.38. The molecule has 0 spiro atoms. The number of ether oxygens (including phenoxy) is 3. The van der Waals surface area contributed by atoms with Crippen molar-refractivity contribution >= 4 is 12.2 Å². The molecule has 0 aliphatic carbocycles. The van der Waals surface area contributed by atoms with Crippen molar-refractivity contribution in [3.05, 3.63) is 213 Å². The van der Waals surface area contributed by atoms with Crippen LogP contribution in [0.5, 0.6) is 69.0 Å². The van der Waals surface area contributed by atoms with Gasteiger partial charge in [0.25, 0.3) is 0 Å². The lowest BCUT2D eigenvalue weighted by Crippen LogP contribution is -2.16. The highest BCUT2D eigenvalue weighted by Crippen LogP contribution is 2.59. The molecule has 0 amide bonds. The number of benzene rings is 8. The number of rotatable bonds is 8. The lowest BCUT2D eigenvalue weighted by molar-refractivity contribution is 0.220. The Morgan fingerprint density at radius 3 is 1.21 bits per heavy atom. The van der Waals surface area contributed by atoms with Gasteiger partial charge in [0.1, 0.15) is 87.3 Å². The zero-order valence-corrected chi connectivity index (χ0v) is 35.8. The van der Waals surface area contributed by atoms with Crippen LogP contribution in [0.1, 0.15) is 97.3 Å². The molecule has 8 aromatic carbocycles. The van der Waals surface area contributed by atoms with Crippen molar-refractivity contribution in [2.75, 3.05) is 0 Å². The molecule has 0 fully saturated rings. The molecule has 6 atom stereocenters. The van der Waals surface area contributed by atoms with Gasteiger partial charge in [0, 0.05) is 41.0 Å². The summed E-state index contributed by atoms with van der Waals surface area (Å²) >= 11 is 0. The highest BCUT2D eigenvalue weighted by atomic mass is 16.5. The van der Waals surface area contributed by atoms with Crippen molar-refractivity contribution in [1.29, 1.82) is 0 Å². The van der Waals surface area contributed by atoms with E-state index in [9.17, 15) is 46.0 Å². The van der Waals surface area contributed by atoms with Gasteiger partial charge < -0.3 is 60.2 Å². The van der Waals surface area contributed by atoms with E-state index >= 15 is 0 Å². The Morgan fingerprint density at radius 2 is 0.706 bits per heavy atom. The fourth-order valence-corrected chi connectivity index (χ4v) is 10.2. The summed E-state index contributed by atoms with van der Waals surface area (Å²) in [6.07, 6.45) is 1.69. The third-order valence-corrected chi connectivity index (χ3v) is 13.0. The first-order valence-corrected chi connectivity index (χ1v) is 21.8. The fourth-order valence-electron chi connectivity index (χ4n) is 10.2. The third-order valence-electron chi connectivity index (χ3n) is 13.0. The normalized spacial score (nSPS) is 20.0. The third kappa shape index (κ3) is 7.47. The summed E-state index contributed by atoms with van der Waals surface area (Å²) in [5.74, 6) is -0.981. The van der Waals surface area contributed by atoms with Crippen LogP contribution in [0.4, 0.5) is 0 Å². The maximum atomic E-state index is 11.5. The van der Waals surface area contributed by atoms with Gasteiger partial charge in [-0.1, -0.05) is 54.6 Å². The Kier molecular flexibility index (Phi) is 9.96. The van der Waals surface area contributed by atoms with Crippen LogP contribution in [0.15, 0.2) is 152 Å². The highest BCUT2D eigenvalue weighted by molar-refractivity contribution is 5.76. The minimum atomic E-state index is -0.718. The molecule has 3 aliphatic rings. The van der Waals surface area contributed by atoms with E-state index in [1.807, 2.05) is 30.4 Å². The molecular formula is C56H42O12. The van der Waals surface area contributed by atoms with Crippen LogP contribution in [-0.2, 0) is 0 Å². The molecule has 0 saturated carbocycles. The van der Waals surface area contributed by atoms with E-state index in [4.69, 9.17) is 14.2 Å². The topological polar surface area (TPSA) is 210 Å². The fraction of sp³-hybridized carbons (Fsp3) is 0.107. The maximum absolute atomic E-state index is 11.5. The summed E-state index contributed by atoms with van der Waals surface area (Å²) in [5, 5.41) is 96.0. The molecule has 12 nitrogen and oxygen atoms in total. The van der Waals surface area contributed by atoms with E-state index in [0.717, 1.165) is 22.3 Å². The standard InChI is InChI=1S/C56H42O12/c57-35-10-4-29(5-11-35)54-50(33-19-38(60)23-39(61)20-33)49-32(18-42(64)26-47(49)67-54)3-1-28-2-16-46-44(17-28)52(56(66-46)31-8-14-37(59)15-9-31)45-25-43(65)27-48-53(45)51(34-21-40(62)24-41(63)22-34)55(68-48)30-6-12-36(58)13-7-30/h1-27,50-52,54-65H/b3-1+/t50-,51-,52-,54+,55+,56-/m0/s1. The van der Waals surface area contributed by atoms with Crippen molar-refractivity contribution in [2.45, 2.75) is 36.1 Å². The number of aromatic hydroxyl groups is 9. The molecule has 338 valence electrons. The molecule has 68 heavy (non-hydrogen) atoms. The van der Waals surface area contributed by atoms with Crippen LogP contribution >= 0.6 is 0 Å². The number of hydrogen-bond donors (Lipinski definition) is 9. The second-order valence-electron chi connectivity index (χ2n) is 17.4. The van der Waals surface area contributed by atoms with Gasteiger partial charge in [-0.3, -0.25) is 0 Å². The Bertz CT molecular complexity index is 3250. The van der Waals surface area contributed by atoms with E-state index in [2.05, 4.69) is 0 Å². The lowest BCUT2D eigenvalue weighted by Gasteiger charge is -2.26. The SMILES string of the molecule is Oc1ccc([C@H]2Oc3cc(O)cc(/C=C/c4ccc5c(c4)[C@@H](c4cc(O)cc6c4[C@H](c4cc(O)cc(O)c4)[C@@H](c4ccc(O)cc4)O6)[C@H](c4ccc(O)cc4)O5)c3[C@@H]2c2cc(O)cc(O)c2)cc1. The van der Waals surface area contributed by atoms with Crippen LogP contribution < -0.4 is 14.2 Å². The highest BCUT2D eigenvalue weighted by Gasteiger charge is 2.46. The van der Waals surface area contributed by atoms with Gasteiger partial charge in [0.05, 0.1) is 17.8 Å². The maximum Gasteiger partial charge on any atom is 0.135 e. The van der Waals surface area contributed by atoms with Gasteiger partial charge >= 0.3 is 0 Å². The monoisotopic (exact) mass is 906 g/mol. The second-order valence-corrected chi connectivity index (χ2v) is 17.4. The summed E-state index contributed by atoms with van der Waals surface area (Å²) in [6.45, 7) is 0. The molecule has 0 bridgehead atoms. The molecule has 0 unspecified atom stereocenters. The van der Waals surface area contributed by atoms with E-state index < -0.39 is 36.1 Å². The van der Waals surface area contributed by atoms with E-state index in [1.165, 1.54) is 24.3 Å². The van der Waals surface area contributed by atoms with Crippen molar-refractivity contribution in [3.63, 3.8) is 0 Å². The summed E-state index contributed by atoms with van der Waals surface area (Å²) < 4.78 is 20.0. The van der Waals surface area contributed by atoms with Gasteiger partial charge in [-0.2, -0.15) is 0 Å². The molecule has 3 aliphatic heterocycles. The van der Waals surface area contributed by atoms with Crippen molar-refractivity contribution < 1.29 is 60.2 Å². The first-order chi connectivity index (χ1) is 32.8. The number of fused-ring (bicyclic) bond motifs is 3. The predicted molar refractivity (Wildman–Crippen MR) is 251 cm³/mol. The number of phenols is 9.